The van der Waals surface area contributed by atoms with E-state index in [4.69, 9.17) is 9.47 Å². The van der Waals surface area contributed by atoms with E-state index >= 15 is 0 Å². The molecule has 104 valence electrons. The van der Waals surface area contributed by atoms with Crippen molar-refractivity contribution in [3.8, 4) is 5.88 Å². The molecule has 3 rings (SSSR count). The summed E-state index contributed by atoms with van der Waals surface area (Å²) < 4.78 is 11.4. The van der Waals surface area contributed by atoms with Crippen LogP contribution in [0.25, 0.3) is 0 Å². The minimum absolute atomic E-state index is 0.328. The van der Waals surface area contributed by atoms with Gasteiger partial charge in [0.2, 0.25) is 11.8 Å². The topological polar surface area (TPSA) is 56.3 Å². The first kappa shape index (κ1) is 12.7. The number of hydrogen-bond donors (Lipinski definition) is 1. The van der Waals surface area contributed by atoms with Crippen molar-refractivity contribution in [1.29, 1.82) is 0 Å². The Bertz CT molecular complexity index is 452. The number of ether oxygens (including phenoxy) is 2. The zero-order chi connectivity index (χ0) is 13.2. The molecule has 3 heterocycles. The van der Waals surface area contributed by atoms with Gasteiger partial charge in [0, 0.05) is 11.8 Å². The maximum absolute atomic E-state index is 5.83. The average molecular weight is 263 g/mol. The molecule has 0 spiro atoms. The standard InChI is InChI=1S/C14H21N3O2/c1-3-6-18-13-7-9(2)15-14(17-13)16-11-8-10-4-5-12(11)19-10/h7,10-12H,3-6,8H2,1-2H3,(H,15,16,17). The largest absolute Gasteiger partial charge is 0.478 e. The van der Waals surface area contributed by atoms with E-state index < -0.39 is 0 Å². The summed E-state index contributed by atoms with van der Waals surface area (Å²) in [7, 11) is 0. The Morgan fingerprint density at radius 2 is 2.32 bits per heavy atom. The summed E-state index contributed by atoms with van der Waals surface area (Å²) in [4.78, 5) is 8.85. The second kappa shape index (κ2) is 5.33. The predicted molar refractivity (Wildman–Crippen MR) is 72.5 cm³/mol. The van der Waals surface area contributed by atoms with Gasteiger partial charge in [0.05, 0.1) is 24.9 Å². The third kappa shape index (κ3) is 2.81. The Balaban J connectivity index is 1.68. The fourth-order valence-electron chi connectivity index (χ4n) is 2.84. The first-order valence-electron chi connectivity index (χ1n) is 7.15. The van der Waals surface area contributed by atoms with E-state index in [1.165, 1.54) is 6.42 Å². The lowest BCUT2D eigenvalue weighted by atomic mass is 9.96. The maximum atomic E-state index is 5.83. The lowest BCUT2D eigenvalue weighted by Crippen LogP contribution is -2.31. The Hall–Kier alpha value is -1.36. The van der Waals surface area contributed by atoms with E-state index in [0.717, 1.165) is 25.0 Å². The van der Waals surface area contributed by atoms with Gasteiger partial charge in [0.1, 0.15) is 0 Å². The second-order valence-corrected chi connectivity index (χ2v) is 5.38. The van der Waals surface area contributed by atoms with Crippen LogP contribution >= 0.6 is 0 Å². The highest BCUT2D eigenvalue weighted by atomic mass is 16.5. The maximum Gasteiger partial charge on any atom is 0.226 e. The molecule has 0 saturated carbocycles. The third-order valence-corrected chi connectivity index (χ3v) is 3.71. The van der Waals surface area contributed by atoms with Gasteiger partial charge in [-0.2, -0.15) is 4.98 Å². The highest BCUT2D eigenvalue weighted by Crippen LogP contribution is 2.35. The van der Waals surface area contributed by atoms with Gasteiger partial charge in [-0.05, 0) is 32.6 Å². The van der Waals surface area contributed by atoms with Crippen molar-refractivity contribution in [2.75, 3.05) is 11.9 Å². The summed E-state index contributed by atoms with van der Waals surface area (Å²) in [6.07, 6.45) is 5.15. The molecular weight excluding hydrogens is 242 g/mol. The molecule has 0 aliphatic carbocycles. The van der Waals surface area contributed by atoms with Crippen molar-refractivity contribution in [3.63, 3.8) is 0 Å². The monoisotopic (exact) mass is 263 g/mol. The van der Waals surface area contributed by atoms with Gasteiger partial charge >= 0.3 is 0 Å². The fourth-order valence-corrected chi connectivity index (χ4v) is 2.84. The molecule has 1 aromatic heterocycles. The number of rotatable bonds is 5. The van der Waals surface area contributed by atoms with Crippen LogP contribution in [0.3, 0.4) is 0 Å². The summed E-state index contributed by atoms with van der Waals surface area (Å²) in [6, 6.07) is 2.22. The SMILES string of the molecule is CCCOc1cc(C)nc(NC2CC3CCC2O3)n1. The van der Waals surface area contributed by atoms with Gasteiger partial charge in [-0.3, -0.25) is 0 Å². The van der Waals surface area contributed by atoms with Gasteiger partial charge in [0.25, 0.3) is 0 Å². The van der Waals surface area contributed by atoms with Crippen molar-refractivity contribution in [2.24, 2.45) is 0 Å². The number of hydrogen-bond acceptors (Lipinski definition) is 5. The molecule has 5 heteroatoms. The molecule has 1 aromatic rings. The summed E-state index contributed by atoms with van der Waals surface area (Å²) in [5.74, 6) is 1.31. The molecule has 19 heavy (non-hydrogen) atoms. The predicted octanol–water partition coefficient (Wildman–Crippen LogP) is 2.31. The highest BCUT2D eigenvalue weighted by molar-refractivity contribution is 5.33. The van der Waals surface area contributed by atoms with E-state index in [1.807, 2.05) is 13.0 Å². The number of fused-ring (bicyclic) bond motifs is 2. The zero-order valence-corrected chi connectivity index (χ0v) is 11.6. The normalized spacial score (nSPS) is 28.6. The van der Waals surface area contributed by atoms with Gasteiger partial charge in [-0.1, -0.05) is 6.92 Å². The van der Waals surface area contributed by atoms with Crippen LogP contribution < -0.4 is 10.1 Å². The number of aromatic nitrogens is 2. The highest BCUT2D eigenvalue weighted by Gasteiger charge is 2.41. The molecular formula is C14H21N3O2. The number of anilines is 1. The van der Waals surface area contributed by atoms with E-state index in [2.05, 4.69) is 22.2 Å². The van der Waals surface area contributed by atoms with Crippen molar-refractivity contribution in [2.45, 2.75) is 57.8 Å². The van der Waals surface area contributed by atoms with Crippen molar-refractivity contribution in [3.05, 3.63) is 11.8 Å². The average Bonchev–Trinajstić information content (AvgIpc) is 2.98. The van der Waals surface area contributed by atoms with Crippen LogP contribution in [0.2, 0.25) is 0 Å². The van der Waals surface area contributed by atoms with Crippen LogP contribution in [0.15, 0.2) is 6.07 Å². The molecule has 3 unspecified atom stereocenters. The number of nitrogens with one attached hydrogen (secondary N) is 1. The lowest BCUT2D eigenvalue weighted by molar-refractivity contribution is 0.102. The van der Waals surface area contributed by atoms with Crippen molar-refractivity contribution in [1.82, 2.24) is 9.97 Å². The van der Waals surface area contributed by atoms with Crippen molar-refractivity contribution >= 4 is 5.95 Å². The summed E-state index contributed by atoms with van der Waals surface area (Å²) in [5, 5.41) is 3.40. The second-order valence-electron chi connectivity index (χ2n) is 5.38. The summed E-state index contributed by atoms with van der Waals surface area (Å²) in [5.41, 5.74) is 0.924. The Kier molecular flexibility index (Phi) is 3.55. The Morgan fingerprint density at radius 3 is 3.00 bits per heavy atom. The Morgan fingerprint density at radius 1 is 1.42 bits per heavy atom. The fraction of sp³-hybridized carbons (Fsp3) is 0.714. The smallest absolute Gasteiger partial charge is 0.226 e. The van der Waals surface area contributed by atoms with Gasteiger partial charge in [-0.15, -0.1) is 0 Å². The zero-order valence-electron chi connectivity index (χ0n) is 11.6. The molecule has 3 atom stereocenters. The molecule has 0 amide bonds. The molecule has 2 aliphatic heterocycles. The third-order valence-electron chi connectivity index (χ3n) is 3.71. The van der Waals surface area contributed by atoms with E-state index in [9.17, 15) is 0 Å². The van der Waals surface area contributed by atoms with Gasteiger partial charge in [0.15, 0.2) is 0 Å². The van der Waals surface area contributed by atoms with Crippen LogP contribution in [0.1, 0.15) is 38.3 Å². The molecule has 0 aromatic carbocycles. The molecule has 5 nitrogen and oxygen atoms in total. The molecule has 2 saturated heterocycles. The Labute approximate surface area is 113 Å². The van der Waals surface area contributed by atoms with Crippen LogP contribution in [0, 0.1) is 6.92 Å². The first-order chi connectivity index (χ1) is 9.24. The van der Waals surface area contributed by atoms with Crippen LogP contribution in [-0.4, -0.2) is 34.8 Å². The molecule has 2 aliphatic rings. The van der Waals surface area contributed by atoms with Gasteiger partial charge < -0.3 is 14.8 Å². The van der Waals surface area contributed by atoms with Crippen LogP contribution in [0.4, 0.5) is 5.95 Å². The van der Waals surface area contributed by atoms with Crippen LogP contribution in [0.5, 0.6) is 5.88 Å². The molecule has 2 bridgehead atoms. The first-order valence-corrected chi connectivity index (χ1v) is 7.15. The minimum atomic E-state index is 0.328. The number of nitrogens with zero attached hydrogens (tertiary/aromatic N) is 2. The van der Waals surface area contributed by atoms with Crippen molar-refractivity contribution < 1.29 is 9.47 Å². The van der Waals surface area contributed by atoms with E-state index in [-0.39, 0.29) is 0 Å². The van der Waals surface area contributed by atoms with E-state index in [0.29, 0.717) is 36.7 Å². The summed E-state index contributed by atoms with van der Waals surface area (Å²) in [6.45, 7) is 4.73. The minimum Gasteiger partial charge on any atom is -0.478 e. The van der Waals surface area contributed by atoms with Crippen LogP contribution in [-0.2, 0) is 4.74 Å². The quantitative estimate of drug-likeness (QED) is 0.883. The van der Waals surface area contributed by atoms with E-state index in [1.54, 1.807) is 0 Å². The molecule has 0 radical (unpaired) electrons. The number of aryl methyl sites for hydroxylation is 1. The molecule has 1 N–H and O–H groups in total. The molecule has 2 fully saturated rings. The lowest BCUT2D eigenvalue weighted by Gasteiger charge is -2.20. The summed E-state index contributed by atoms with van der Waals surface area (Å²) >= 11 is 0. The van der Waals surface area contributed by atoms with Gasteiger partial charge in [-0.25, -0.2) is 4.98 Å².